The number of nitrogens with one attached hydrogen (secondary N) is 2. The van der Waals surface area contributed by atoms with Gasteiger partial charge in [-0.2, -0.15) is 0 Å². The largest absolute Gasteiger partial charge is 0.444 e. The molecule has 0 spiro atoms. The van der Waals surface area contributed by atoms with Crippen molar-refractivity contribution in [2.45, 2.75) is 64.5 Å². The molecule has 2 amide bonds. The molecule has 2 saturated heterocycles. The molecule has 2 atom stereocenters. The first-order valence-corrected chi connectivity index (χ1v) is 8.84. The molecule has 2 heterocycles. The highest BCUT2D eigenvalue weighted by atomic mass is 16.6. The van der Waals surface area contributed by atoms with Crippen molar-refractivity contribution in [3.63, 3.8) is 0 Å². The van der Waals surface area contributed by atoms with Gasteiger partial charge in [-0.1, -0.05) is 0 Å². The Morgan fingerprint density at radius 2 is 2.09 bits per heavy atom. The van der Waals surface area contributed by atoms with E-state index in [9.17, 15) is 9.59 Å². The average molecular weight is 325 g/mol. The van der Waals surface area contributed by atoms with Crippen molar-refractivity contribution in [2.24, 2.45) is 5.92 Å². The lowest BCUT2D eigenvalue weighted by atomic mass is 9.97. The first-order chi connectivity index (χ1) is 10.8. The van der Waals surface area contributed by atoms with Gasteiger partial charge in [0.2, 0.25) is 5.91 Å². The second-order valence-corrected chi connectivity index (χ2v) is 7.68. The van der Waals surface area contributed by atoms with E-state index >= 15 is 0 Å². The van der Waals surface area contributed by atoms with Gasteiger partial charge in [-0.25, -0.2) is 4.79 Å². The number of piperidine rings is 1. The number of likely N-dealkylation sites (tertiary alicyclic amines) is 1. The van der Waals surface area contributed by atoms with Gasteiger partial charge in [-0.15, -0.1) is 0 Å². The molecular formula is C17H31N3O3. The number of carbonyl (C=O) groups excluding carboxylic acids is 2. The lowest BCUT2D eigenvalue weighted by molar-refractivity contribution is -0.122. The summed E-state index contributed by atoms with van der Waals surface area (Å²) in [5.74, 6) is 0.495. The molecule has 0 aromatic heterocycles. The maximum absolute atomic E-state index is 12.2. The molecule has 2 fully saturated rings. The van der Waals surface area contributed by atoms with Crippen LogP contribution in [0.3, 0.4) is 0 Å². The Kier molecular flexibility index (Phi) is 6.27. The van der Waals surface area contributed by atoms with Crippen LogP contribution in [-0.4, -0.2) is 54.7 Å². The molecule has 0 radical (unpaired) electrons. The number of hydrogen-bond acceptors (Lipinski definition) is 4. The molecule has 0 saturated carbocycles. The summed E-state index contributed by atoms with van der Waals surface area (Å²) in [4.78, 5) is 25.9. The van der Waals surface area contributed by atoms with Crippen LogP contribution < -0.4 is 10.6 Å². The molecule has 0 aromatic carbocycles. The molecule has 6 nitrogen and oxygen atoms in total. The molecule has 2 N–H and O–H groups in total. The fourth-order valence-corrected chi connectivity index (χ4v) is 3.17. The fraction of sp³-hybridized carbons (Fsp3) is 0.882. The minimum atomic E-state index is -0.458. The number of nitrogens with zero attached hydrogens (tertiary/aromatic N) is 1. The molecule has 0 bridgehead atoms. The summed E-state index contributed by atoms with van der Waals surface area (Å²) in [5, 5.41) is 6.35. The Labute approximate surface area is 139 Å². The SMILES string of the molecule is CC(C)(C)OC(=O)N1CCCC(CNC2CCCCNC2=O)C1. The molecule has 6 heteroatoms. The van der Waals surface area contributed by atoms with Crippen LogP contribution in [-0.2, 0) is 9.53 Å². The third kappa shape index (κ3) is 6.01. The highest BCUT2D eigenvalue weighted by Gasteiger charge is 2.28. The predicted octanol–water partition coefficient (Wildman–Crippen LogP) is 1.89. The molecule has 23 heavy (non-hydrogen) atoms. The van der Waals surface area contributed by atoms with Crippen LogP contribution in [0.25, 0.3) is 0 Å². The summed E-state index contributed by atoms with van der Waals surface area (Å²) in [6, 6.07) is -0.0885. The van der Waals surface area contributed by atoms with Gasteiger partial charge >= 0.3 is 6.09 Å². The summed E-state index contributed by atoms with van der Waals surface area (Å²) in [5.41, 5.74) is -0.458. The quantitative estimate of drug-likeness (QED) is 0.831. The predicted molar refractivity (Wildman–Crippen MR) is 89.2 cm³/mol. The Balaban J connectivity index is 1.79. The number of carbonyl (C=O) groups is 2. The summed E-state index contributed by atoms with van der Waals surface area (Å²) >= 11 is 0. The maximum atomic E-state index is 12.2. The van der Waals surface area contributed by atoms with E-state index in [1.54, 1.807) is 4.90 Å². The molecule has 132 valence electrons. The van der Waals surface area contributed by atoms with Crippen LogP contribution in [0.15, 0.2) is 0 Å². The van der Waals surface area contributed by atoms with E-state index in [0.29, 0.717) is 12.5 Å². The van der Waals surface area contributed by atoms with Gasteiger partial charge in [0, 0.05) is 26.2 Å². The van der Waals surface area contributed by atoms with Gasteiger partial charge in [-0.3, -0.25) is 4.79 Å². The van der Waals surface area contributed by atoms with E-state index in [2.05, 4.69) is 10.6 Å². The standard InChI is InChI=1S/C17H31N3O3/c1-17(2,3)23-16(22)20-10-6-7-13(12-20)11-19-14-8-4-5-9-18-15(14)21/h13-14,19H,4-12H2,1-3H3,(H,18,21). The van der Waals surface area contributed by atoms with Crippen molar-refractivity contribution >= 4 is 12.0 Å². The molecule has 2 aliphatic rings. The van der Waals surface area contributed by atoms with E-state index in [0.717, 1.165) is 51.7 Å². The topological polar surface area (TPSA) is 70.7 Å². The van der Waals surface area contributed by atoms with Crippen LogP contribution in [0.2, 0.25) is 0 Å². The fourth-order valence-electron chi connectivity index (χ4n) is 3.17. The van der Waals surface area contributed by atoms with Crippen LogP contribution in [0.1, 0.15) is 52.9 Å². The van der Waals surface area contributed by atoms with E-state index in [-0.39, 0.29) is 18.0 Å². The van der Waals surface area contributed by atoms with Crippen molar-refractivity contribution in [1.29, 1.82) is 0 Å². The Morgan fingerprint density at radius 1 is 1.30 bits per heavy atom. The van der Waals surface area contributed by atoms with Gasteiger partial charge in [0.15, 0.2) is 0 Å². The van der Waals surface area contributed by atoms with E-state index in [1.165, 1.54) is 0 Å². The first-order valence-electron chi connectivity index (χ1n) is 8.84. The van der Waals surface area contributed by atoms with E-state index in [4.69, 9.17) is 4.74 Å². The van der Waals surface area contributed by atoms with Gasteiger partial charge in [0.1, 0.15) is 5.60 Å². The monoisotopic (exact) mass is 325 g/mol. The molecule has 0 aliphatic carbocycles. The molecule has 2 aliphatic heterocycles. The normalized spacial score (nSPS) is 26.4. The lowest BCUT2D eigenvalue weighted by Crippen LogP contribution is -2.48. The van der Waals surface area contributed by atoms with Crippen molar-refractivity contribution in [2.75, 3.05) is 26.2 Å². The zero-order valence-corrected chi connectivity index (χ0v) is 14.7. The highest BCUT2D eigenvalue weighted by molar-refractivity contribution is 5.81. The smallest absolute Gasteiger partial charge is 0.410 e. The zero-order valence-electron chi connectivity index (χ0n) is 14.7. The molecule has 2 rings (SSSR count). The highest BCUT2D eigenvalue weighted by Crippen LogP contribution is 2.19. The maximum Gasteiger partial charge on any atom is 0.410 e. The summed E-state index contributed by atoms with van der Waals surface area (Å²) in [6.07, 6.45) is 4.87. The Bertz CT molecular complexity index is 420. The minimum Gasteiger partial charge on any atom is -0.444 e. The number of amides is 2. The van der Waals surface area contributed by atoms with E-state index < -0.39 is 5.60 Å². The third-order valence-corrected chi connectivity index (χ3v) is 4.36. The van der Waals surface area contributed by atoms with Crippen molar-refractivity contribution in [1.82, 2.24) is 15.5 Å². The summed E-state index contributed by atoms with van der Waals surface area (Å²) in [7, 11) is 0. The van der Waals surface area contributed by atoms with Crippen LogP contribution in [0.4, 0.5) is 4.79 Å². The first kappa shape index (κ1) is 18.0. The third-order valence-electron chi connectivity index (χ3n) is 4.36. The van der Waals surface area contributed by atoms with Crippen molar-refractivity contribution in [3.8, 4) is 0 Å². The second-order valence-electron chi connectivity index (χ2n) is 7.68. The van der Waals surface area contributed by atoms with Crippen LogP contribution in [0, 0.1) is 5.92 Å². The van der Waals surface area contributed by atoms with Crippen LogP contribution >= 0.6 is 0 Å². The van der Waals surface area contributed by atoms with Crippen molar-refractivity contribution < 1.29 is 14.3 Å². The molecule has 2 unspecified atom stereocenters. The number of rotatable bonds is 3. The molecular weight excluding hydrogens is 294 g/mol. The minimum absolute atomic E-state index is 0.0885. The van der Waals surface area contributed by atoms with E-state index in [1.807, 2.05) is 20.8 Å². The number of ether oxygens (including phenoxy) is 1. The lowest BCUT2D eigenvalue weighted by Gasteiger charge is -2.34. The summed E-state index contributed by atoms with van der Waals surface area (Å²) < 4.78 is 5.46. The average Bonchev–Trinajstić information content (AvgIpc) is 2.68. The molecule has 0 aromatic rings. The second kappa shape index (κ2) is 7.99. The van der Waals surface area contributed by atoms with Gasteiger partial charge in [0.25, 0.3) is 0 Å². The van der Waals surface area contributed by atoms with Gasteiger partial charge in [-0.05, 0) is 58.8 Å². The van der Waals surface area contributed by atoms with Crippen LogP contribution in [0.5, 0.6) is 0 Å². The van der Waals surface area contributed by atoms with Gasteiger partial charge in [0.05, 0.1) is 6.04 Å². The Morgan fingerprint density at radius 3 is 2.83 bits per heavy atom. The summed E-state index contributed by atoms with van der Waals surface area (Å²) in [6.45, 7) is 8.69. The van der Waals surface area contributed by atoms with Gasteiger partial charge < -0.3 is 20.3 Å². The number of hydrogen-bond donors (Lipinski definition) is 2. The zero-order chi connectivity index (χ0) is 16.9. The van der Waals surface area contributed by atoms with Crippen molar-refractivity contribution in [3.05, 3.63) is 0 Å². The Hall–Kier alpha value is -1.30.